The first-order chi connectivity index (χ1) is 13.9. The number of pyridine rings is 1. The lowest BCUT2D eigenvalue weighted by Gasteiger charge is -2.05. The van der Waals surface area contributed by atoms with Crippen LogP contribution < -0.4 is 16.0 Å². The number of hydrogen-bond donors (Lipinski definition) is 3. The summed E-state index contributed by atoms with van der Waals surface area (Å²) in [4.78, 5) is 43.0. The molecule has 29 heavy (non-hydrogen) atoms. The van der Waals surface area contributed by atoms with E-state index in [0.29, 0.717) is 23.1 Å². The summed E-state index contributed by atoms with van der Waals surface area (Å²) >= 11 is 1.32. The molecule has 8 nitrogen and oxygen atoms in total. The van der Waals surface area contributed by atoms with Crippen LogP contribution in [0.5, 0.6) is 0 Å². The van der Waals surface area contributed by atoms with E-state index >= 15 is 0 Å². The van der Waals surface area contributed by atoms with Gasteiger partial charge in [-0.05, 0) is 17.7 Å². The highest BCUT2D eigenvalue weighted by Crippen LogP contribution is 2.25. The van der Waals surface area contributed by atoms with Crippen LogP contribution in [-0.4, -0.2) is 27.7 Å². The van der Waals surface area contributed by atoms with Crippen LogP contribution in [0.15, 0.2) is 48.0 Å². The summed E-state index contributed by atoms with van der Waals surface area (Å²) in [5, 5.41) is 10.4. The molecule has 0 radical (unpaired) electrons. The molecule has 3 N–H and O–H groups in total. The second-order valence-electron chi connectivity index (χ2n) is 6.21. The fraction of sp³-hybridized carbons (Fsp3) is 0.150. The highest BCUT2D eigenvalue weighted by molar-refractivity contribution is 7.14. The Kier molecular flexibility index (Phi) is 6.30. The fourth-order valence-electron chi connectivity index (χ4n) is 2.47. The molecule has 0 spiro atoms. The maximum absolute atomic E-state index is 12.5. The van der Waals surface area contributed by atoms with E-state index in [9.17, 15) is 14.4 Å². The van der Waals surface area contributed by atoms with Gasteiger partial charge in [-0.1, -0.05) is 24.3 Å². The predicted molar refractivity (Wildman–Crippen MR) is 112 cm³/mol. The van der Waals surface area contributed by atoms with Crippen molar-refractivity contribution in [1.29, 1.82) is 0 Å². The van der Waals surface area contributed by atoms with Gasteiger partial charge in [-0.15, -0.1) is 11.3 Å². The van der Waals surface area contributed by atoms with Crippen LogP contribution in [0.1, 0.15) is 29.8 Å². The molecule has 0 unspecified atom stereocenters. The Hall–Kier alpha value is -3.59. The lowest BCUT2D eigenvalue weighted by molar-refractivity contribution is -0.119. The van der Waals surface area contributed by atoms with Gasteiger partial charge in [0.05, 0.1) is 5.69 Å². The zero-order valence-electron chi connectivity index (χ0n) is 15.9. The number of amides is 3. The third kappa shape index (κ3) is 5.69. The molecule has 0 bridgehead atoms. The predicted octanol–water partition coefficient (Wildman–Crippen LogP) is 3.05. The molecule has 2 aromatic heterocycles. The maximum atomic E-state index is 12.5. The van der Waals surface area contributed by atoms with E-state index in [4.69, 9.17) is 0 Å². The number of anilines is 2. The number of nitrogens with one attached hydrogen (secondary N) is 3. The van der Waals surface area contributed by atoms with E-state index in [1.54, 1.807) is 6.07 Å². The molecule has 1 aromatic carbocycles. The van der Waals surface area contributed by atoms with Crippen LogP contribution >= 0.6 is 11.3 Å². The van der Waals surface area contributed by atoms with Gasteiger partial charge in [-0.25, -0.2) is 9.97 Å². The Morgan fingerprint density at radius 3 is 2.45 bits per heavy atom. The van der Waals surface area contributed by atoms with Gasteiger partial charge in [-0.3, -0.25) is 19.7 Å². The normalized spacial score (nSPS) is 10.3. The number of carbonyl (C=O) groups excluding carboxylic acids is 3. The van der Waals surface area contributed by atoms with Gasteiger partial charge in [0.1, 0.15) is 5.82 Å². The van der Waals surface area contributed by atoms with Gasteiger partial charge < -0.3 is 10.6 Å². The van der Waals surface area contributed by atoms with Crippen molar-refractivity contribution in [2.24, 2.45) is 0 Å². The van der Waals surface area contributed by atoms with Crippen LogP contribution in [0.25, 0.3) is 11.3 Å². The van der Waals surface area contributed by atoms with Gasteiger partial charge >= 0.3 is 0 Å². The number of hydrogen-bond acceptors (Lipinski definition) is 6. The molecule has 0 aliphatic carbocycles. The second kappa shape index (κ2) is 9.07. The van der Waals surface area contributed by atoms with Crippen molar-refractivity contribution in [2.75, 3.05) is 10.6 Å². The molecule has 9 heteroatoms. The highest BCUT2D eigenvalue weighted by Gasteiger charge is 2.11. The molecule has 3 amide bonds. The Morgan fingerprint density at radius 1 is 1.00 bits per heavy atom. The quantitative estimate of drug-likeness (QED) is 0.579. The Bertz CT molecular complexity index is 1050. The molecular weight excluding hydrogens is 390 g/mol. The molecule has 3 rings (SSSR count). The van der Waals surface area contributed by atoms with Crippen LogP contribution in [0, 0.1) is 0 Å². The molecule has 0 saturated heterocycles. The van der Waals surface area contributed by atoms with Crippen molar-refractivity contribution in [3.63, 3.8) is 0 Å². The van der Waals surface area contributed by atoms with Crippen molar-refractivity contribution in [1.82, 2.24) is 15.3 Å². The zero-order valence-corrected chi connectivity index (χ0v) is 16.7. The summed E-state index contributed by atoms with van der Waals surface area (Å²) in [6.45, 7) is 3.32. The number of carbonyl (C=O) groups is 3. The summed E-state index contributed by atoms with van der Waals surface area (Å²) in [5.41, 5.74) is 3.00. The third-order valence-corrected chi connectivity index (χ3v) is 4.60. The van der Waals surface area contributed by atoms with E-state index in [-0.39, 0.29) is 17.7 Å². The first-order valence-electron chi connectivity index (χ1n) is 8.75. The summed E-state index contributed by atoms with van der Waals surface area (Å²) in [6, 6.07) is 10.7. The van der Waals surface area contributed by atoms with E-state index in [1.807, 2.05) is 29.6 Å². The topological polar surface area (TPSA) is 113 Å². The molecule has 0 atom stereocenters. The fourth-order valence-corrected chi connectivity index (χ4v) is 3.19. The largest absolute Gasteiger partial charge is 0.352 e. The summed E-state index contributed by atoms with van der Waals surface area (Å²) in [7, 11) is 0. The minimum Gasteiger partial charge on any atom is -0.352 e. The van der Waals surface area contributed by atoms with Crippen LogP contribution in [0.2, 0.25) is 0 Å². The Balaban J connectivity index is 1.66. The molecule has 3 aromatic rings. The number of benzene rings is 1. The van der Waals surface area contributed by atoms with E-state index in [2.05, 4.69) is 25.9 Å². The van der Waals surface area contributed by atoms with Crippen LogP contribution in [0.4, 0.5) is 10.9 Å². The Morgan fingerprint density at radius 2 is 1.76 bits per heavy atom. The molecule has 2 heterocycles. The third-order valence-electron chi connectivity index (χ3n) is 3.84. The molecule has 0 saturated carbocycles. The number of thiazole rings is 1. The van der Waals surface area contributed by atoms with Crippen molar-refractivity contribution >= 4 is 40.0 Å². The van der Waals surface area contributed by atoms with Crippen molar-refractivity contribution < 1.29 is 14.4 Å². The van der Waals surface area contributed by atoms with Gasteiger partial charge in [0, 0.05) is 43.1 Å². The van der Waals surface area contributed by atoms with Crippen LogP contribution in [0.3, 0.4) is 0 Å². The van der Waals surface area contributed by atoms with Crippen molar-refractivity contribution in [3.05, 3.63) is 59.1 Å². The molecule has 148 valence electrons. The standard InChI is InChI=1S/C20H19N5O3S/c1-12(26)22-10-14-3-5-15(6-4-14)17-11-29-20(24-17)25-19(28)16-7-8-21-18(9-16)23-13(2)27/h3-9,11H,10H2,1-2H3,(H,22,26)(H,21,23,27)(H,24,25,28). The van der Waals surface area contributed by atoms with E-state index in [0.717, 1.165) is 16.8 Å². The summed E-state index contributed by atoms with van der Waals surface area (Å²) in [5.74, 6) is -0.370. The Labute approximate surface area is 171 Å². The second-order valence-corrected chi connectivity index (χ2v) is 7.07. The lowest BCUT2D eigenvalue weighted by atomic mass is 10.1. The van der Waals surface area contributed by atoms with Crippen LogP contribution in [-0.2, 0) is 16.1 Å². The maximum Gasteiger partial charge on any atom is 0.257 e. The average molecular weight is 409 g/mol. The van der Waals surface area contributed by atoms with Gasteiger partial charge in [0.2, 0.25) is 11.8 Å². The zero-order chi connectivity index (χ0) is 20.8. The molecular formula is C20H19N5O3S. The minimum atomic E-state index is -0.342. The lowest BCUT2D eigenvalue weighted by Crippen LogP contribution is -2.18. The highest BCUT2D eigenvalue weighted by atomic mass is 32.1. The first-order valence-corrected chi connectivity index (χ1v) is 9.63. The number of nitrogens with zero attached hydrogens (tertiary/aromatic N) is 2. The summed E-state index contributed by atoms with van der Waals surface area (Å²) < 4.78 is 0. The SMILES string of the molecule is CC(=O)NCc1ccc(-c2csc(NC(=O)c3ccnc(NC(C)=O)c3)n2)cc1. The number of rotatable bonds is 6. The molecule has 0 aliphatic heterocycles. The monoisotopic (exact) mass is 409 g/mol. The van der Waals surface area contributed by atoms with E-state index in [1.165, 1.54) is 37.4 Å². The average Bonchev–Trinajstić information content (AvgIpc) is 3.15. The van der Waals surface area contributed by atoms with Gasteiger partial charge in [0.15, 0.2) is 5.13 Å². The molecule has 0 aliphatic rings. The summed E-state index contributed by atoms with van der Waals surface area (Å²) in [6.07, 6.45) is 1.45. The van der Waals surface area contributed by atoms with Gasteiger partial charge in [0.25, 0.3) is 5.91 Å². The minimum absolute atomic E-state index is 0.0765. The molecule has 0 fully saturated rings. The van der Waals surface area contributed by atoms with Crippen molar-refractivity contribution in [3.8, 4) is 11.3 Å². The smallest absolute Gasteiger partial charge is 0.257 e. The van der Waals surface area contributed by atoms with Crippen molar-refractivity contribution in [2.45, 2.75) is 20.4 Å². The van der Waals surface area contributed by atoms with Gasteiger partial charge in [-0.2, -0.15) is 0 Å². The van der Waals surface area contributed by atoms with E-state index < -0.39 is 0 Å². The number of aromatic nitrogens is 2. The first kappa shape index (κ1) is 20.2.